The maximum Gasteiger partial charge on any atom is 0.326 e. The Kier molecular flexibility index (Phi) is 5.92. The van der Waals surface area contributed by atoms with Crippen molar-refractivity contribution >= 4 is 17.3 Å². The molecule has 110 valence electrons. The molecule has 0 aliphatic carbocycles. The summed E-state index contributed by atoms with van der Waals surface area (Å²) in [4.78, 5) is 21.4. The first-order valence-electron chi connectivity index (χ1n) is 6.19. The van der Waals surface area contributed by atoms with E-state index in [9.17, 15) is 14.9 Å². The van der Waals surface area contributed by atoms with Gasteiger partial charge < -0.3 is 15.2 Å². The van der Waals surface area contributed by atoms with Gasteiger partial charge >= 0.3 is 5.97 Å². The monoisotopic (exact) mass is 282 g/mol. The van der Waals surface area contributed by atoms with E-state index in [4.69, 9.17) is 9.84 Å². The molecule has 0 saturated heterocycles. The number of hydrogen-bond acceptors (Lipinski definition) is 5. The number of ether oxygens (including phenoxy) is 1. The molecule has 1 atom stereocenters. The molecule has 0 amide bonds. The van der Waals surface area contributed by atoms with Gasteiger partial charge in [-0.2, -0.15) is 0 Å². The van der Waals surface area contributed by atoms with Crippen molar-refractivity contribution in [1.82, 2.24) is 0 Å². The van der Waals surface area contributed by atoms with E-state index < -0.39 is 16.9 Å². The molecule has 2 N–H and O–H groups in total. The minimum absolute atomic E-state index is 0.0702. The van der Waals surface area contributed by atoms with Crippen LogP contribution >= 0.6 is 0 Å². The van der Waals surface area contributed by atoms with Gasteiger partial charge in [-0.15, -0.1) is 0 Å². The zero-order valence-electron chi connectivity index (χ0n) is 11.5. The Balaban J connectivity index is 2.84. The Bertz CT molecular complexity index is 490. The van der Waals surface area contributed by atoms with Gasteiger partial charge in [-0.1, -0.05) is 6.07 Å². The number of anilines is 1. The van der Waals surface area contributed by atoms with Crippen LogP contribution in [0.5, 0.6) is 0 Å². The molecule has 0 heterocycles. The van der Waals surface area contributed by atoms with Crippen LogP contribution in [0, 0.1) is 17.0 Å². The topological polar surface area (TPSA) is 102 Å². The Morgan fingerprint density at radius 1 is 1.55 bits per heavy atom. The number of carboxylic acids is 1. The van der Waals surface area contributed by atoms with Crippen LogP contribution in [-0.2, 0) is 9.53 Å². The van der Waals surface area contributed by atoms with Crippen molar-refractivity contribution in [3.63, 3.8) is 0 Å². The summed E-state index contributed by atoms with van der Waals surface area (Å²) < 4.78 is 4.89. The Morgan fingerprint density at radius 3 is 2.80 bits per heavy atom. The minimum atomic E-state index is -0.994. The highest BCUT2D eigenvalue weighted by Crippen LogP contribution is 2.23. The Labute approximate surface area is 116 Å². The van der Waals surface area contributed by atoms with Crippen LogP contribution in [0.1, 0.15) is 18.4 Å². The fourth-order valence-corrected chi connectivity index (χ4v) is 1.76. The lowest BCUT2D eigenvalue weighted by molar-refractivity contribution is -0.384. The third kappa shape index (κ3) is 4.51. The average molecular weight is 282 g/mol. The van der Waals surface area contributed by atoms with Gasteiger partial charge in [0.1, 0.15) is 6.04 Å². The molecule has 1 rings (SSSR count). The lowest BCUT2D eigenvalue weighted by Gasteiger charge is -2.17. The van der Waals surface area contributed by atoms with Gasteiger partial charge in [-0.25, -0.2) is 4.79 Å². The SMILES string of the molecule is COCCCC(Nc1cc([N+](=O)[O-])ccc1C)C(=O)O. The molecule has 20 heavy (non-hydrogen) atoms. The van der Waals surface area contributed by atoms with Crippen LogP contribution in [0.25, 0.3) is 0 Å². The summed E-state index contributed by atoms with van der Waals surface area (Å²) in [6.07, 6.45) is 0.972. The summed E-state index contributed by atoms with van der Waals surface area (Å²) in [7, 11) is 1.55. The third-order valence-corrected chi connectivity index (χ3v) is 2.90. The fourth-order valence-electron chi connectivity index (χ4n) is 1.76. The van der Waals surface area contributed by atoms with Crippen LogP contribution in [0.15, 0.2) is 18.2 Å². The number of nitro benzene ring substituents is 1. The number of nitrogens with zero attached hydrogens (tertiary/aromatic N) is 1. The van der Waals surface area contributed by atoms with Gasteiger partial charge in [0.15, 0.2) is 0 Å². The Hall–Kier alpha value is -2.15. The van der Waals surface area contributed by atoms with Crippen LogP contribution in [0.3, 0.4) is 0 Å². The van der Waals surface area contributed by atoms with E-state index in [1.807, 2.05) is 0 Å². The number of carboxylic acid groups (broad SMARTS) is 1. The molecule has 1 unspecified atom stereocenters. The highest BCUT2D eigenvalue weighted by molar-refractivity contribution is 5.78. The summed E-state index contributed by atoms with van der Waals surface area (Å²) in [5.41, 5.74) is 1.15. The lowest BCUT2D eigenvalue weighted by atomic mass is 10.1. The van der Waals surface area contributed by atoms with Gasteiger partial charge in [0, 0.05) is 31.5 Å². The molecule has 0 radical (unpaired) electrons. The van der Waals surface area contributed by atoms with Crippen LogP contribution < -0.4 is 5.32 Å². The van der Waals surface area contributed by atoms with Crippen molar-refractivity contribution in [2.75, 3.05) is 19.0 Å². The van der Waals surface area contributed by atoms with Crippen molar-refractivity contribution in [1.29, 1.82) is 0 Å². The van der Waals surface area contributed by atoms with Crippen LogP contribution in [0.2, 0.25) is 0 Å². The molecule has 7 heteroatoms. The van der Waals surface area contributed by atoms with Crippen molar-refractivity contribution in [3.8, 4) is 0 Å². The van der Waals surface area contributed by atoms with E-state index >= 15 is 0 Å². The number of non-ortho nitro benzene ring substituents is 1. The fraction of sp³-hybridized carbons (Fsp3) is 0.462. The maximum atomic E-state index is 11.2. The summed E-state index contributed by atoms with van der Waals surface area (Å²) in [5, 5.41) is 22.7. The van der Waals surface area contributed by atoms with Crippen molar-refractivity contribution < 1.29 is 19.6 Å². The molecule has 7 nitrogen and oxygen atoms in total. The first-order valence-corrected chi connectivity index (χ1v) is 6.19. The molecular weight excluding hydrogens is 264 g/mol. The van der Waals surface area contributed by atoms with Gasteiger partial charge in [-0.3, -0.25) is 10.1 Å². The molecule has 0 fully saturated rings. The van der Waals surface area contributed by atoms with Crippen LogP contribution in [0.4, 0.5) is 11.4 Å². The predicted octanol–water partition coefficient (Wildman–Crippen LogP) is 2.19. The smallest absolute Gasteiger partial charge is 0.326 e. The molecule has 0 saturated carbocycles. The molecule has 0 aromatic heterocycles. The number of benzene rings is 1. The summed E-state index contributed by atoms with van der Waals surface area (Å²) in [6, 6.07) is 3.53. The number of nitrogens with one attached hydrogen (secondary N) is 1. The number of methoxy groups -OCH3 is 1. The highest BCUT2D eigenvalue weighted by atomic mass is 16.6. The normalized spacial score (nSPS) is 11.9. The Morgan fingerprint density at radius 2 is 2.25 bits per heavy atom. The molecule has 0 bridgehead atoms. The van der Waals surface area contributed by atoms with Crippen LogP contribution in [-0.4, -0.2) is 35.8 Å². The van der Waals surface area contributed by atoms with E-state index in [1.54, 1.807) is 20.1 Å². The van der Waals surface area contributed by atoms with Gasteiger partial charge in [0.2, 0.25) is 0 Å². The predicted molar refractivity (Wildman–Crippen MR) is 74.0 cm³/mol. The quantitative estimate of drug-likeness (QED) is 0.430. The van der Waals surface area contributed by atoms with Crippen molar-refractivity contribution in [3.05, 3.63) is 33.9 Å². The average Bonchev–Trinajstić information content (AvgIpc) is 2.39. The second kappa shape index (κ2) is 7.44. The second-order valence-corrected chi connectivity index (χ2v) is 4.43. The van der Waals surface area contributed by atoms with E-state index in [0.29, 0.717) is 25.1 Å². The zero-order chi connectivity index (χ0) is 15.1. The number of aryl methyl sites for hydroxylation is 1. The highest BCUT2D eigenvalue weighted by Gasteiger charge is 2.18. The molecule has 0 aliphatic heterocycles. The first kappa shape index (κ1) is 15.9. The van der Waals surface area contributed by atoms with E-state index in [1.165, 1.54) is 12.1 Å². The first-order chi connectivity index (χ1) is 9.45. The molecule has 1 aromatic rings. The largest absolute Gasteiger partial charge is 0.480 e. The summed E-state index contributed by atoms with van der Waals surface area (Å²) in [5.74, 6) is -0.994. The molecule has 0 spiro atoms. The summed E-state index contributed by atoms with van der Waals surface area (Å²) >= 11 is 0. The maximum absolute atomic E-state index is 11.2. The van der Waals surface area contributed by atoms with Gasteiger partial charge in [-0.05, 0) is 25.3 Å². The number of aliphatic carboxylic acids is 1. The number of rotatable bonds is 8. The lowest BCUT2D eigenvalue weighted by Crippen LogP contribution is -2.29. The zero-order valence-corrected chi connectivity index (χ0v) is 11.5. The van der Waals surface area contributed by atoms with Crippen molar-refractivity contribution in [2.45, 2.75) is 25.8 Å². The third-order valence-electron chi connectivity index (χ3n) is 2.90. The molecular formula is C13H18N2O5. The number of hydrogen-bond donors (Lipinski definition) is 2. The second-order valence-electron chi connectivity index (χ2n) is 4.43. The number of carbonyl (C=O) groups is 1. The standard InChI is InChI=1S/C13H18N2O5/c1-9-5-6-10(15(18)19)8-12(9)14-11(13(16)17)4-3-7-20-2/h5-6,8,11,14H,3-4,7H2,1-2H3,(H,16,17). The van der Waals surface area contributed by atoms with Crippen molar-refractivity contribution in [2.24, 2.45) is 0 Å². The minimum Gasteiger partial charge on any atom is -0.480 e. The van der Waals surface area contributed by atoms with E-state index in [2.05, 4.69) is 5.32 Å². The van der Waals surface area contributed by atoms with E-state index in [-0.39, 0.29) is 5.69 Å². The van der Waals surface area contributed by atoms with E-state index in [0.717, 1.165) is 5.56 Å². The van der Waals surface area contributed by atoms with Gasteiger partial charge in [0.25, 0.3) is 5.69 Å². The number of nitro groups is 1. The molecule has 1 aromatic carbocycles. The summed E-state index contributed by atoms with van der Waals surface area (Å²) in [6.45, 7) is 2.24. The molecule has 0 aliphatic rings. The van der Waals surface area contributed by atoms with Gasteiger partial charge in [0.05, 0.1) is 4.92 Å².